The highest BCUT2D eigenvalue weighted by Gasteiger charge is 2.25. The number of aromatic nitrogens is 1. The summed E-state index contributed by atoms with van der Waals surface area (Å²) in [5.41, 5.74) is 6.49. The van der Waals surface area contributed by atoms with Crippen LogP contribution in [0, 0.1) is 12.8 Å². The summed E-state index contributed by atoms with van der Waals surface area (Å²) in [5, 5.41) is 16.3. The van der Waals surface area contributed by atoms with Crippen molar-refractivity contribution in [3.63, 3.8) is 0 Å². The number of nitrogens with zero attached hydrogens (tertiary/aromatic N) is 2. The van der Waals surface area contributed by atoms with Crippen molar-refractivity contribution in [3.05, 3.63) is 46.6 Å². The van der Waals surface area contributed by atoms with E-state index in [2.05, 4.69) is 67.0 Å². The van der Waals surface area contributed by atoms with Gasteiger partial charge in [-0.3, -0.25) is 4.79 Å². The molecule has 0 unspecified atom stereocenters. The number of ether oxygens (including phenoxy) is 1. The molecule has 6 nitrogen and oxygen atoms in total. The summed E-state index contributed by atoms with van der Waals surface area (Å²) in [6.45, 7) is 12.8. The van der Waals surface area contributed by atoms with E-state index in [4.69, 9.17) is 4.74 Å². The predicted molar refractivity (Wildman–Crippen MR) is 145 cm³/mol. The van der Waals surface area contributed by atoms with Gasteiger partial charge in [0.1, 0.15) is 0 Å². The zero-order chi connectivity index (χ0) is 25.9. The van der Waals surface area contributed by atoms with Crippen molar-refractivity contribution in [1.29, 1.82) is 0 Å². The Balaban J connectivity index is 1.79. The minimum atomic E-state index is -0.0699. The first kappa shape index (κ1) is 26.5. The fourth-order valence-corrected chi connectivity index (χ4v) is 5.56. The van der Waals surface area contributed by atoms with E-state index >= 15 is 0 Å². The third-order valence-electron chi connectivity index (χ3n) is 8.00. The molecule has 36 heavy (non-hydrogen) atoms. The van der Waals surface area contributed by atoms with Gasteiger partial charge in [-0.2, -0.15) is 0 Å². The first-order chi connectivity index (χ1) is 17.2. The monoisotopic (exact) mass is 493 g/mol. The summed E-state index contributed by atoms with van der Waals surface area (Å²) in [6, 6.07) is 8.68. The van der Waals surface area contributed by atoms with Gasteiger partial charge in [0.05, 0.1) is 11.3 Å². The zero-order valence-electron chi connectivity index (χ0n) is 22.7. The molecule has 2 aromatic rings. The van der Waals surface area contributed by atoms with Gasteiger partial charge in [0.25, 0.3) is 5.91 Å². The third kappa shape index (κ3) is 6.03. The quantitative estimate of drug-likeness (QED) is 0.276. The molecule has 2 heterocycles. The largest absolute Gasteiger partial charge is 0.411 e. The highest BCUT2D eigenvalue weighted by Crippen LogP contribution is 2.34. The normalized spacial score (nSPS) is 18.4. The van der Waals surface area contributed by atoms with Gasteiger partial charge in [-0.15, -0.1) is 0 Å². The second kappa shape index (κ2) is 11.2. The topological polar surface area (TPSA) is 75.8 Å². The lowest BCUT2D eigenvalue weighted by atomic mass is 9.84. The lowest BCUT2D eigenvalue weighted by Gasteiger charge is -2.25. The van der Waals surface area contributed by atoms with Crippen LogP contribution in [0.1, 0.15) is 99.8 Å². The van der Waals surface area contributed by atoms with Crippen LogP contribution in [0.3, 0.4) is 0 Å². The molecule has 1 saturated carbocycles. The van der Waals surface area contributed by atoms with Gasteiger partial charge in [-0.1, -0.05) is 45.2 Å². The summed E-state index contributed by atoms with van der Waals surface area (Å²) in [4.78, 5) is 13.5. The standard InChI is InChI=1S/C30H43N3O3/c1-20(32-35)23-15-24(17-25(16-23)30(3,4)5)28-18-27(29(34)31-26-11-13-36-14-12-26)21(2)33(28)19-22-9-7-6-8-10-22/h15-18,22,26,35H,6-14,19H2,1-5H3,(H,31,34)/b32-20+. The highest BCUT2D eigenvalue weighted by molar-refractivity contribution is 6.00. The molecule has 1 aromatic heterocycles. The molecule has 0 bridgehead atoms. The van der Waals surface area contributed by atoms with E-state index in [1.807, 2.05) is 6.92 Å². The minimum absolute atomic E-state index is 0.00310. The average molecular weight is 494 g/mol. The van der Waals surface area contributed by atoms with E-state index in [1.165, 1.54) is 37.7 Å². The molecule has 2 aliphatic rings. The average Bonchev–Trinajstić information content (AvgIpc) is 3.20. The van der Waals surface area contributed by atoms with Gasteiger partial charge < -0.3 is 19.8 Å². The number of hydrogen-bond donors (Lipinski definition) is 2. The molecular formula is C30H43N3O3. The number of nitrogens with one attached hydrogen (secondary N) is 1. The Kier molecular flexibility index (Phi) is 8.23. The Bertz CT molecular complexity index is 1100. The van der Waals surface area contributed by atoms with Gasteiger partial charge in [0, 0.05) is 37.2 Å². The van der Waals surface area contributed by atoms with Crippen LogP contribution in [0.25, 0.3) is 11.3 Å². The Morgan fingerprint density at radius 2 is 1.78 bits per heavy atom. The Labute approximate surface area is 216 Å². The van der Waals surface area contributed by atoms with Crippen LogP contribution in [-0.4, -0.2) is 40.6 Å². The first-order valence-electron chi connectivity index (χ1n) is 13.6. The predicted octanol–water partition coefficient (Wildman–Crippen LogP) is 6.45. The molecule has 2 N–H and O–H groups in total. The smallest absolute Gasteiger partial charge is 0.253 e. The van der Waals surface area contributed by atoms with Crippen LogP contribution in [0.5, 0.6) is 0 Å². The molecule has 1 aromatic carbocycles. The SMILES string of the molecule is C/C(=N\O)c1cc(-c2cc(C(=O)NC3CCOCC3)c(C)n2CC2CCCCC2)cc(C(C)(C)C)c1. The molecule has 4 rings (SSSR count). The molecular weight excluding hydrogens is 450 g/mol. The lowest BCUT2D eigenvalue weighted by molar-refractivity contribution is 0.0696. The van der Waals surface area contributed by atoms with Crippen LogP contribution < -0.4 is 5.32 Å². The number of amides is 1. The summed E-state index contributed by atoms with van der Waals surface area (Å²) >= 11 is 0. The van der Waals surface area contributed by atoms with Crippen LogP contribution in [-0.2, 0) is 16.7 Å². The number of benzene rings is 1. The highest BCUT2D eigenvalue weighted by atomic mass is 16.5. The Hall–Kier alpha value is -2.60. The molecule has 0 atom stereocenters. The first-order valence-corrected chi connectivity index (χ1v) is 13.6. The van der Waals surface area contributed by atoms with Gasteiger partial charge in [0.2, 0.25) is 0 Å². The maximum absolute atomic E-state index is 13.5. The number of carbonyl (C=O) groups excluding carboxylic acids is 1. The second-order valence-corrected chi connectivity index (χ2v) is 11.7. The number of rotatable bonds is 6. The summed E-state index contributed by atoms with van der Waals surface area (Å²) in [5.74, 6) is 0.629. The third-order valence-corrected chi connectivity index (χ3v) is 8.00. The molecule has 1 saturated heterocycles. The van der Waals surface area contributed by atoms with Crippen LogP contribution in [0.4, 0.5) is 0 Å². The molecule has 196 valence electrons. The summed E-state index contributed by atoms with van der Waals surface area (Å²) < 4.78 is 7.84. The molecule has 0 radical (unpaired) electrons. The summed E-state index contributed by atoms with van der Waals surface area (Å²) in [7, 11) is 0. The van der Waals surface area contributed by atoms with Crippen molar-refractivity contribution in [2.24, 2.45) is 11.1 Å². The minimum Gasteiger partial charge on any atom is -0.411 e. The van der Waals surface area contributed by atoms with E-state index in [9.17, 15) is 10.0 Å². The van der Waals surface area contributed by atoms with Gasteiger partial charge in [0.15, 0.2) is 0 Å². The molecule has 1 amide bonds. The lowest BCUT2D eigenvalue weighted by Crippen LogP contribution is -2.39. The number of oxime groups is 1. The maximum Gasteiger partial charge on any atom is 0.253 e. The zero-order valence-corrected chi connectivity index (χ0v) is 22.7. The molecule has 6 heteroatoms. The second-order valence-electron chi connectivity index (χ2n) is 11.7. The fraction of sp³-hybridized carbons (Fsp3) is 0.600. The van der Waals surface area contributed by atoms with E-state index in [0.717, 1.165) is 47.5 Å². The van der Waals surface area contributed by atoms with E-state index in [1.54, 1.807) is 0 Å². The van der Waals surface area contributed by atoms with Crippen molar-refractivity contribution < 1.29 is 14.7 Å². The van der Waals surface area contributed by atoms with Crippen molar-refractivity contribution in [3.8, 4) is 11.3 Å². The van der Waals surface area contributed by atoms with E-state index in [-0.39, 0.29) is 17.4 Å². The Morgan fingerprint density at radius 1 is 1.08 bits per heavy atom. The number of hydrogen-bond acceptors (Lipinski definition) is 4. The van der Waals surface area contributed by atoms with Crippen molar-refractivity contribution in [2.75, 3.05) is 13.2 Å². The van der Waals surface area contributed by atoms with E-state index in [0.29, 0.717) is 24.8 Å². The Morgan fingerprint density at radius 3 is 2.42 bits per heavy atom. The maximum atomic E-state index is 13.5. The van der Waals surface area contributed by atoms with Crippen LogP contribution >= 0.6 is 0 Å². The van der Waals surface area contributed by atoms with Crippen molar-refractivity contribution in [2.45, 2.75) is 97.6 Å². The van der Waals surface area contributed by atoms with Gasteiger partial charge in [-0.05, 0) is 91.8 Å². The molecule has 2 fully saturated rings. The van der Waals surface area contributed by atoms with Gasteiger partial charge in [-0.25, -0.2) is 0 Å². The van der Waals surface area contributed by atoms with Crippen LogP contribution in [0.15, 0.2) is 29.4 Å². The van der Waals surface area contributed by atoms with E-state index < -0.39 is 0 Å². The molecule has 1 aliphatic carbocycles. The number of carbonyl (C=O) groups is 1. The van der Waals surface area contributed by atoms with Gasteiger partial charge >= 0.3 is 0 Å². The van der Waals surface area contributed by atoms with Crippen molar-refractivity contribution >= 4 is 11.6 Å². The molecule has 0 spiro atoms. The summed E-state index contributed by atoms with van der Waals surface area (Å²) in [6.07, 6.45) is 8.09. The molecule has 1 aliphatic heterocycles. The van der Waals surface area contributed by atoms with Crippen LogP contribution in [0.2, 0.25) is 0 Å². The fourth-order valence-electron chi connectivity index (χ4n) is 5.56. The van der Waals surface area contributed by atoms with Crippen molar-refractivity contribution in [1.82, 2.24) is 9.88 Å².